The highest BCUT2D eigenvalue weighted by Gasteiger charge is 2.09. The van der Waals surface area contributed by atoms with Gasteiger partial charge in [0.1, 0.15) is 0 Å². The van der Waals surface area contributed by atoms with E-state index in [2.05, 4.69) is 11.5 Å². The highest BCUT2D eigenvalue weighted by Crippen LogP contribution is 2.09. The van der Waals surface area contributed by atoms with Crippen molar-refractivity contribution in [3.63, 3.8) is 0 Å². The van der Waals surface area contributed by atoms with E-state index in [9.17, 15) is 4.79 Å². The van der Waals surface area contributed by atoms with Gasteiger partial charge in [-0.1, -0.05) is 19.4 Å². The van der Waals surface area contributed by atoms with Crippen LogP contribution < -0.4 is 0 Å². The van der Waals surface area contributed by atoms with Crippen LogP contribution in [0.2, 0.25) is 0 Å². The zero-order valence-electron chi connectivity index (χ0n) is 10.1. The molecule has 92 valence electrons. The summed E-state index contributed by atoms with van der Waals surface area (Å²) in [5, 5.41) is 0. The van der Waals surface area contributed by atoms with Crippen LogP contribution in [0, 0.1) is 0 Å². The molecule has 0 spiro atoms. The lowest BCUT2D eigenvalue weighted by molar-refractivity contribution is -0.137. The SMILES string of the molecule is C=CC(=O)OCCCCCCN1CCCC1. The molecule has 0 N–H and O–H groups in total. The van der Waals surface area contributed by atoms with Crippen LogP contribution in [0.1, 0.15) is 38.5 Å². The molecule has 1 fully saturated rings. The molecule has 0 radical (unpaired) electrons. The van der Waals surface area contributed by atoms with Crippen LogP contribution in [0.25, 0.3) is 0 Å². The molecule has 0 aliphatic carbocycles. The van der Waals surface area contributed by atoms with Gasteiger partial charge in [-0.3, -0.25) is 0 Å². The van der Waals surface area contributed by atoms with Crippen molar-refractivity contribution in [1.29, 1.82) is 0 Å². The van der Waals surface area contributed by atoms with E-state index in [0.29, 0.717) is 6.61 Å². The van der Waals surface area contributed by atoms with E-state index in [4.69, 9.17) is 4.74 Å². The molecule has 1 saturated heterocycles. The standard InChI is InChI=1S/C13H23NO2/c1-2-13(15)16-12-8-4-3-5-9-14-10-6-7-11-14/h2H,1,3-12H2. The van der Waals surface area contributed by atoms with Gasteiger partial charge >= 0.3 is 5.97 Å². The minimum absolute atomic E-state index is 0.308. The van der Waals surface area contributed by atoms with Gasteiger partial charge in [-0.2, -0.15) is 0 Å². The Kier molecular flexibility index (Phi) is 6.90. The van der Waals surface area contributed by atoms with Gasteiger partial charge < -0.3 is 9.64 Å². The molecule has 0 aromatic rings. The van der Waals surface area contributed by atoms with Crippen LogP contribution >= 0.6 is 0 Å². The minimum Gasteiger partial charge on any atom is -0.463 e. The van der Waals surface area contributed by atoms with Gasteiger partial charge in [-0.25, -0.2) is 4.79 Å². The summed E-state index contributed by atoms with van der Waals surface area (Å²) in [7, 11) is 0. The first-order valence-corrected chi connectivity index (χ1v) is 6.34. The molecule has 3 heteroatoms. The van der Waals surface area contributed by atoms with Gasteiger partial charge in [0, 0.05) is 6.08 Å². The first kappa shape index (κ1) is 13.2. The Labute approximate surface area is 98.5 Å². The van der Waals surface area contributed by atoms with Crippen molar-refractivity contribution in [2.75, 3.05) is 26.2 Å². The Morgan fingerprint density at radius 1 is 1.19 bits per heavy atom. The Bertz CT molecular complexity index is 210. The lowest BCUT2D eigenvalue weighted by Crippen LogP contribution is -2.20. The summed E-state index contributed by atoms with van der Waals surface area (Å²) in [6, 6.07) is 0. The summed E-state index contributed by atoms with van der Waals surface area (Å²) in [4.78, 5) is 13.3. The number of carbonyl (C=O) groups is 1. The third-order valence-corrected chi connectivity index (χ3v) is 2.98. The summed E-state index contributed by atoms with van der Waals surface area (Å²) >= 11 is 0. The van der Waals surface area contributed by atoms with Gasteiger partial charge in [0.2, 0.25) is 0 Å². The maximum Gasteiger partial charge on any atom is 0.330 e. The van der Waals surface area contributed by atoms with Gasteiger partial charge in [0.15, 0.2) is 0 Å². The molecule has 0 aromatic carbocycles. The van der Waals surface area contributed by atoms with Crippen LogP contribution in [0.4, 0.5) is 0 Å². The maximum absolute atomic E-state index is 10.7. The van der Waals surface area contributed by atoms with Crippen LogP contribution in [0.5, 0.6) is 0 Å². The lowest BCUT2D eigenvalue weighted by Gasteiger charge is -2.13. The number of hydrogen-bond donors (Lipinski definition) is 0. The van der Waals surface area contributed by atoms with E-state index in [-0.39, 0.29) is 5.97 Å². The van der Waals surface area contributed by atoms with E-state index < -0.39 is 0 Å². The Morgan fingerprint density at radius 2 is 1.88 bits per heavy atom. The Hall–Kier alpha value is -0.830. The third-order valence-electron chi connectivity index (χ3n) is 2.98. The molecule has 0 atom stereocenters. The number of unbranched alkanes of at least 4 members (excludes halogenated alkanes) is 3. The second-order valence-electron chi connectivity index (χ2n) is 4.33. The fraction of sp³-hybridized carbons (Fsp3) is 0.769. The average Bonchev–Trinajstić information content (AvgIpc) is 2.80. The van der Waals surface area contributed by atoms with Gasteiger partial charge in [0.05, 0.1) is 6.61 Å². The summed E-state index contributed by atoms with van der Waals surface area (Å²) < 4.78 is 4.90. The van der Waals surface area contributed by atoms with Gasteiger partial charge in [-0.05, 0) is 45.3 Å². The smallest absolute Gasteiger partial charge is 0.330 e. The molecular formula is C13H23NO2. The zero-order valence-corrected chi connectivity index (χ0v) is 10.1. The van der Waals surface area contributed by atoms with Crippen molar-refractivity contribution < 1.29 is 9.53 Å². The summed E-state index contributed by atoms with van der Waals surface area (Å²) in [6.45, 7) is 7.71. The lowest BCUT2D eigenvalue weighted by atomic mass is 10.2. The second kappa shape index (κ2) is 8.34. The van der Waals surface area contributed by atoms with Gasteiger partial charge in [-0.15, -0.1) is 0 Å². The van der Waals surface area contributed by atoms with Crippen molar-refractivity contribution in [2.45, 2.75) is 38.5 Å². The van der Waals surface area contributed by atoms with Crippen LogP contribution in [0.15, 0.2) is 12.7 Å². The molecule has 0 bridgehead atoms. The quantitative estimate of drug-likeness (QED) is 0.361. The maximum atomic E-state index is 10.7. The van der Waals surface area contributed by atoms with E-state index in [1.807, 2.05) is 0 Å². The molecule has 16 heavy (non-hydrogen) atoms. The first-order chi connectivity index (χ1) is 7.83. The zero-order chi connectivity index (χ0) is 11.6. The molecule has 1 aliphatic rings. The molecule has 0 unspecified atom stereocenters. The van der Waals surface area contributed by atoms with E-state index in [1.54, 1.807) is 0 Å². The number of rotatable bonds is 8. The van der Waals surface area contributed by atoms with Crippen LogP contribution in [0.3, 0.4) is 0 Å². The Morgan fingerprint density at radius 3 is 2.56 bits per heavy atom. The number of nitrogens with zero attached hydrogens (tertiary/aromatic N) is 1. The molecule has 1 heterocycles. The molecule has 0 aromatic heterocycles. The number of esters is 1. The molecular weight excluding hydrogens is 202 g/mol. The minimum atomic E-state index is -0.308. The van der Waals surface area contributed by atoms with Crippen molar-refractivity contribution in [2.24, 2.45) is 0 Å². The normalized spacial score (nSPS) is 16.2. The van der Waals surface area contributed by atoms with E-state index >= 15 is 0 Å². The predicted molar refractivity (Wildman–Crippen MR) is 65.3 cm³/mol. The summed E-state index contributed by atoms with van der Waals surface area (Å²) in [5.74, 6) is -0.308. The molecule has 1 aliphatic heterocycles. The molecule has 0 amide bonds. The number of ether oxygens (including phenoxy) is 1. The van der Waals surface area contributed by atoms with Crippen LogP contribution in [-0.2, 0) is 9.53 Å². The van der Waals surface area contributed by atoms with Crippen molar-refractivity contribution in [3.05, 3.63) is 12.7 Å². The number of hydrogen-bond acceptors (Lipinski definition) is 3. The van der Waals surface area contributed by atoms with E-state index in [1.165, 1.54) is 51.4 Å². The Balaban J connectivity index is 1.80. The summed E-state index contributed by atoms with van der Waals surface area (Å²) in [5.41, 5.74) is 0. The number of carbonyl (C=O) groups excluding carboxylic acids is 1. The predicted octanol–water partition coefficient (Wildman–Crippen LogP) is 2.37. The highest BCUT2D eigenvalue weighted by atomic mass is 16.5. The monoisotopic (exact) mass is 225 g/mol. The summed E-state index contributed by atoms with van der Waals surface area (Å²) in [6.07, 6.45) is 8.60. The van der Waals surface area contributed by atoms with Crippen molar-refractivity contribution in [3.8, 4) is 0 Å². The topological polar surface area (TPSA) is 29.5 Å². The average molecular weight is 225 g/mol. The third kappa shape index (κ3) is 5.91. The van der Waals surface area contributed by atoms with E-state index in [0.717, 1.165) is 12.8 Å². The van der Waals surface area contributed by atoms with Crippen molar-refractivity contribution >= 4 is 5.97 Å². The van der Waals surface area contributed by atoms with Crippen molar-refractivity contribution in [1.82, 2.24) is 4.90 Å². The fourth-order valence-electron chi connectivity index (χ4n) is 2.03. The molecule has 1 rings (SSSR count). The second-order valence-corrected chi connectivity index (χ2v) is 4.33. The fourth-order valence-corrected chi connectivity index (χ4v) is 2.03. The molecule has 0 saturated carbocycles. The first-order valence-electron chi connectivity index (χ1n) is 6.34. The highest BCUT2D eigenvalue weighted by molar-refractivity contribution is 5.81. The molecule has 3 nitrogen and oxygen atoms in total. The van der Waals surface area contributed by atoms with Crippen LogP contribution in [-0.4, -0.2) is 37.1 Å². The van der Waals surface area contributed by atoms with Gasteiger partial charge in [0.25, 0.3) is 0 Å². The largest absolute Gasteiger partial charge is 0.463 e. The number of likely N-dealkylation sites (tertiary alicyclic amines) is 1.